The number of nitrogens with one attached hydrogen (secondary N) is 2. The van der Waals surface area contributed by atoms with Crippen molar-refractivity contribution in [2.75, 3.05) is 10.6 Å². The van der Waals surface area contributed by atoms with Crippen LogP contribution in [0.25, 0.3) is 11.1 Å². The smallest absolute Gasteiger partial charge is 0.323 e. The van der Waals surface area contributed by atoms with Crippen LogP contribution in [-0.2, 0) is 14.8 Å². The second kappa shape index (κ2) is 9.75. The van der Waals surface area contributed by atoms with Crippen LogP contribution >= 0.6 is 0 Å². The number of urea groups is 1. The molecule has 1 aliphatic heterocycles. The first-order valence-corrected chi connectivity index (χ1v) is 13.4. The lowest BCUT2D eigenvalue weighted by Gasteiger charge is -2.26. The molecule has 8 nitrogen and oxygen atoms in total. The van der Waals surface area contributed by atoms with Gasteiger partial charge in [0.25, 0.3) is 0 Å². The molecule has 1 aliphatic carbocycles. The largest absolute Gasteiger partial charge is 0.480 e. The summed E-state index contributed by atoms with van der Waals surface area (Å²) in [5.41, 5.74) is 2.97. The third-order valence-electron chi connectivity index (χ3n) is 7.00. The van der Waals surface area contributed by atoms with Gasteiger partial charge in [0.2, 0.25) is 10.0 Å². The van der Waals surface area contributed by atoms with Gasteiger partial charge in [0, 0.05) is 17.4 Å². The highest BCUT2D eigenvalue weighted by Crippen LogP contribution is 2.44. The maximum absolute atomic E-state index is 13.4. The summed E-state index contributed by atoms with van der Waals surface area (Å²) < 4.78 is 28.1. The highest BCUT2D eigenvalue weighted by atomic mass is 32.2. The Labute approximate surface area is 210 Å². The van der Waals surface area contributed by atoms with Gasteiger partial charge in [-0.2, -0.15) is 4.31 Å². The van der Waals surface area contributed by atoms with E-state index in [0.717, 1.165) is 24.0 Å². The third-order valence-corrected chi connectivity index (χ3v) is 8.95. The van der Waals surface area contributed by atoms with E-state index in [4.69, 9.17) is 0 Å². The number of amides is 2. The zero-order valence-corrected chi connectivity index (χ0v) is 20.3. The first-order chi connectivity index (χ1) is 17.3. The Kier molecular flexibility index (Phi) is 6.51. The molecule has 0 spiro atoms. The van der Waals surface area contributed by atoms with E-state index in [0.29, 0.717) is 24.2 Å². The topological polar surface area (TPSA) is 116 Å². The number of aliphatic carboxylic acids is 1. The third kappa shape index (κ3) is 4.72. The minimum atomic E-state index is -3.93. The molecule has 36 heavy (non-hydrogen) atoms. The fourth-order valence-corrected chi connectivity index (χ4v) is 7.18. The van der Waals surface area contributed by atoms with Crippen molar-refractivity contribution in [1.29, 1.82) is 0 Å². The molecule has 2 fully saturated rings. The van der Waals surface area contributed by atoms with E-state index in [1.807, 2.05) is 30.3 Å². The van der Waals surface area contributed by atoms with Crippen molar-refractivity contribution in [2.24, 2.45) is 5.92 Å². The van der Waals surface area contributed by atoms with Crippen LogP contribution in [0.3, 0.4) is 0 Å². The van der Waals surface area contributed by atoms with E-state index >= 15 is 0 Å². The fraction of sp³-hybridized carbons (Fsp3) is 0.259. The number of hydrogen-bond donors (Lipinski definition) is 3. The van der Waals surface area contributed by atoms with Gasteiger partial charge in [-0.25, -0.2) is 13.2 Å². The lowest BCUT2D eigenvalue weighted by Crippen LogP contribution is -2.44. The number of anilines is 2. The Morgan fingerprint density at radius 2 is 1.39 bits per heavy atom. The van der Waals surface area contributed by atoms with Crippen LogP contribution in [-0.4, -0.2) is 41.9 Å². The number of carboxylic acid groups (broad SMARTS) is 1. The first kappa shape index (κ1) is 24.0. The number of para-hydroxylation sites is 1. The molecule has 1 unspecified atom stereocenters. The number of rotatable bonds is 6. The van der Waals surface area contributed by atoms with Gasteiger partial charge in [-0.1, -0.05) is 48.9 Å². The number of carbonyl (C=O) groups excluding carboxylic acids is 1. The summed E-state index contributed by atoms with van der Waals surface area (Å²) in [6.45, 7) is 0. The Bertz CT molecular complexity index is 1360. The van der Waals surface area contributed by atoms with Crippen molar-refractivity contribution >= 4 is 33.4 Å². The van der Waals surface area contributed by atoms with Gasteiger partial charge in [-0.3, -0.25) is 4.79 Å². The highest BCUT2D eigenvalue weighted by Gasteiger charge is 2.52. The Morgan fingerprint density at radius 1 is 0.806 bits per heavy atom. The quantitative estimate of drug-likeness (QED) is 0.435. The monoisotopic (exact) mass is 505 g/mol. The zero-order valence-electron chi connectivity index (χ0n) is 19.5. The predicted octanol–water partition coefficient (Wildman–Crippen LogP) is 5.01. The SMILES string of the molecule is O=C(Nc1ccccc1)Nc1ccc(-c2ccc(S(=O)(=O)N3C(C(=O)O)C[C@H]4CCC[C@H]43)cc2)cc1. The second-order valence-electron chi connectivity index (χ2n) is 9.23. The van der Waals surface area contributed by atoms with Gasteiger partial charge >= 0.3 is 12.0 Å². The molecular weight excluding hydrogens is 478 g/mol. The number of carboxylic acids is 1. The first-order valence-electron chi connectivity index (χ1n) is 11.9. The van der Waals surface area contributed by atoms with Crippen molar-refractivity contribution in [1.82, 2.24) is 4.31 Å². The van der Waals surface area contributed by atoms with Crippen molar-refractivity contribution in [2.45, 2.75) is 42.7 Å². The van der Waals surface area contributed by atoms with Crippen LogP contribution in [0, 0.1) is 5.92 Å². The van der Waals surface area contributed by atoms with Crippen LogP contribution in [0.5, 0.6) is 0 Å². The van der Waals surface area contributed by atoms with Crippen LogP contribution in [0.1, 0.15) is 25.7 Å². The van der Waals surface area contributed by atoms with E-state index in [2.05, 4.69) is 10.6 Å². The molecule has 1 saturated carbocycles. The molecule has 0 aromatic heterocycles. The molecule has 186 valence electrons. The van der Waals surface area contributed by atoms with E-state index in [9.17, 15) is 23.1 Å². The molecule has 0 bridgehead atoms. The van der Waals surface area contributed by atoms with Crippen molar-refractivity contribution in [3.05, 3.63) is 78.9 Å². The van der Waals surface area contributed by atoms with Gasteiger partial charge in [0.05, 0.1) is 4.90 Å². The molecule has 2 amide bonds. The van der Waals surface area contributed by atoms with Gasteiger partial charge in [0.1, 0.15) is 6.04 Å². The van der Waals surface area contributed by atoms with E-state index in [-0.39, 0.29) is 22.9 Å². The van der Waals surface area contributed by atoms with Crippen molar-refractivity contribution in [3.63, 3.8) is 0 Å². The minimum absolute atomic E-state index is 0.0981. The lowest BCUT2D eigenvalue weighted by molar-refractivity contribution is -0.141. The van der Waals surface area contributed by atoms with E-state index in [1.165, 1.54) is 16.4 Å². The average Bonchev–Trinajstić information content (AvgIpc) is 3.47. The summed E-state index contributed by atoms with van der Waals surface area (Å²) in [5.74, 6) is -0.974. The summed E-state index contributed by atoms with van der Waals surface area (Å²) in [5, 5.41) is 15.2. The molecule has 9 heteroatoms. The second-order valence-corrected chi connectivity index (χ2v) is 11.1. The normalized spacial score (nSPS) is 21.6. The molecule has 3 aromatic carbocycles. The summed E-state index contributed by atoms with van der Waals surface area (Å²) in [6, 6.07) is 21.2. The molecule has 3 aromatic rings. The molecular formula is C27H27N3O5S. The number of nitrogens with zero attached hydrogens (tertiary/aromatic N) is 1. The molecule has 0 radical (unpaired) electrons. The molecule has 5 rings (SSSR count). The van der Waals surface area contributed by atoms with Crippen LogP contribution in [0.15, 0.2) is 83.8 Å². The summed E-state index contributed by atoms with van der Waals surface area (Å²) in [7, 11) is -3.93. The Hall–Kier alpha value is -3.69. The van der Waals surface area contributed by atoms with Crippen molar-refractivity contribution in [3.8, 4) is 11.1 Å². The lowest BCUT2D eigenvalue weighted by atomic mass is 10.0. The summed E-state index contributed by atoms with van der Waals surface area (Å²) in [6.07, 6.45) is 2.88. The van der Waals surface area contributed by atoms with Gasteiger partial charge in [0.15, 0.2) is 0 Å². The zero-order chi connectivity index (χ0) is 25.3. The van der Waals surface area contributed by atoms with Crippen LogP contribution < -0.4 is 10.6 Å². The molecule has 1 heterocycles. The number of sulfonamides is 1. The molecule has 1 saturated heterocycles. The summed E-state index contributed by atoms with van der Waals surface area (Å²) >= 11 is 0. The average molecular weight is 506 g/mol. The Morgan fingerprint density at radius 3 is 2.00 bits per heavy atom. The maximum Gasteiger partial charge on any atom is 0.323 e. The van der Waals surface area contributed by atoms with Gasteiger partial charge in [-0.15, -0.1) is 0 Å². The highest BCUT2D eigenvalue weighted by molar-refractivity contribution is 7.89. The number of carbonyl (C=O) groups is 2. The number of benzene rings is 3. The Balaban J connectivity index is 1.29. The molecule has 3 atom stereocenters. The standard InChI is InChI=1S/C27H27N3O5S/c31-26(32)25-17-20-5-4-8-24(20)30(25)36(34,35)23-15-11-19(12-16-23)18-9-13-22(14-10-18)29-27(33)28-21-6-2-1-3-7-21/h1-3,6-7,9-16,20,24-25H,4-5,8,17H2,(H,31,32)(H2,28,29,33)/t20-,24-,25?/m1/s1. The predicted molar refractivity (Wildman–Crippen MR) is 137 cm³/mol. The molecule has 3 N–H and O–H groups in total. The number of fused-ring (bicyclic) bond motifs is 1. The van der Waals surface area contributed by atoms with Crippen molar-refractivity contribution < 1.29 is 23.1 Å². The fourth-order valence-electron chi connectivity index (χ4n) is 5.31. The van der Waals surface area contributed by atoms with Crippen LogP contribution in [0.4, 0.5) is 16.2 Å². The van der Waals surface area contributed by atoms with Gasteiger partial charge in [-0.05, 0) is 72.7 Å². The molecule has 2 aliphatic rings. The summed E-state index contributed by atoms with van der Waals surface area (Å²) in [4.78, 5) is 24.1. The van der Waals surface area contributed by atoms with Crippen LogP contribution in [0.2, 0.25) is 0 Å². The van der Waals surface area contributed by atoms with E-state index < -0.39 is 22.0 Å². The van der Waals surface area contributed by atoms with Gasteiger partial charge < -0.3 is 15.7 Å². The minimum Gasteiger partial charge on any atom is -0.480 e. The maximum atomic E-state index is 13.4. The van der Waals surface area contributed by atoms with E-state index in [1.54, 1.807) is 36.4 Å². The number of hydrogen-bond acceptors (Lipinski definition) is 4.